The summed E-state index contributed by atoms with van der Waals surface area (Å²) in [6.07, 6.45) is 5.38. The third-order valence-corrected chi connectivity index (χ3v) is 3.54. The molecule has 1 saturated carbocycles. The minimum Gasteiger partial charge on any atom is -0.383 e. The maximum atomic E-state index is 5.11. The highest BCUT2D eigenvalue weighted by atomic mass is 16.5. The second kappa shape index (κ2) is 8.04. The number of hydrogen-bond acceptors (Lipinski definition) is 3. The Morgan fingerprint density at radius 2 is 2.19 bits per heavy atom. The molecule has 0 spiro atoms. The topological polar surface area (TPSA) is 24.5 Å². The molecular formula is C13H28N2O. The van der Waals surface area contributed by atoms with E-state index < -0.39 is 0 Å². The van der Waals surface area contributed by atoms with Gasteiger partial charge in [0.1, 0.15) is 0 Å². The maximum Gasteiger partial charge on any atom is 0.0589 e. The summed E-state index contributed by atoms with van der Waals surface area (Å²) < 4.78 is 5.11. The molecule has 1 rings (SSSR count). The van der Waals surface area contributed by atoms with E-state index in [-0.39, 0.29) is 0 Å². The molecule has 1 aliphatic rings. The van der Waals surface area contributed by atoms with Gasteiger partial charge in [0.2, 0.25) is 0 Å². The zero-order valence-corrected chi connectivity index (χ0v) is 11.2. The summed E-state index contributed by atoms with van der Waals surface area (Å²) in [4.78, 5) is 2.40. The van der Waals surface area contributed by atoms with Crippen LogP contribution in [-0.4, -0.2) is 51.3 Å². The number of likely N-dealkylation sites (N-methyl/N-ethyl adjacent to an activating group) is 1. The zero-order chi connectivity index (χ0) is 11.8. The Hall–Kier alpha value is -0.120. The number of nitrogens with one attached hydrogen (secondary N) is 1. The third-order valence-electron chi connectivity index (χ3n) is 3.54. The number of nitrogens with zero attached hydrogens (tertiary/aromatic N) is 1. The molecule has 3 heteroatoms. The van der Waals surface area contributed by atoms with Crippen molar-refractivity contribution in [1.29, 1.82) is 0 Å². The molecule has 0 aromatic rings. The quantitative estimate of drug-likeness (QED) is 0.685. The fourth-order valence-corrected chi connectivity index (χ4v) is 2.59. The van der Waals surface area contributed by atoms with Gasteiger partial charge in [0.25, 0.3) is 0 Å². The van der Waals surface area contributed by atoms with Crippen molar-refractivity contribution in [2.75, 3.05) is 40.4 Å². The average Bonchev–Trinajstić information content (AvgIpc) is 2.71. The van der Waals surface area contributed by atoms with Crippen molar-refractivity contribution >= 4 is 0 Å². The van der Waals surface area contributed by atoms with Gasteiger partial charge >= 0.3 is 0 Å². The standard InChI is InChI=1S/C13H28N2O/c1-4-8-14-13-7-5-6-12(13)11-15(2)9-10-16-3/h12-14H,4-11H2,1-3H3. The van der Waals surface area contributed by atoms with E-state index in [2.05, 4.69) is 24.2 Å². The van der Waals surface area contributed by atoms with Crippen molar-refractivity contribution in [3.8, 4) is 0 Å². The smallest absolute Gasteiger partial charge is 0.0589 e. The lowest BCUT2D eigenvalue weighted by Gasteiger charge is -2.26. The van der Waals surface area contributed by atoms with Crippen LogP contribution in [0.2, 0.25) is 0 Å². The fourth-order valence-electron chi connectivity index (χ4n) is 2.59. The molecule has 1 fully saturated rings. The molecule has 0 amide bonds. The number of methoxy groups -OCH3 is 1. The molecule has 0 radical (unpaired) electrons. The Balaban J connectivity index is 2.22. The van der Waals surface area contributed by atoms with E-state index in [0.29, 0.717) is 0 Å². The van der Waals surface area contributed by atoms with Crippen molar-refractivity contribution < 1.29 is 4.74 Å². The van der Waals surface area contributed by atoms with Gasteiger partial charge in [-0.3, -0.25) is 0 Å². The highest BCUT2D eigenvalue weighted by molar-refractivity contribution is 4.84. The van der Waals surface area contributed by atoms with Crippen molar-refractivity contribution in [3.05, 3.63) is 0 Å². The summed E-state index contributed by atoms with van der Waals surface area (Å²) in [5.74, 6) is 0.841. The van der Waals surface area contributed by atoms with Crippen molar-refractivity contribution in [2.24, 2.45) is 5.92 Å². The largest absolute Gasteiger partial charge is 0.383 e. The van der Waals surface area contributed by atoms with Crippen LogP contribution >= 0.6 is 0 Å². The van der Waals surface area contributed by atoms with Crippen LogP contribution < -0.4 is 5.32 Å². The number of rotatable bonds is 8. The number of ether oxygens (including phenoxy) is 1. The second-order valence-corrected chi connectivity index (χ2v) is 5.01. The van der Waals surface area contributed by atoms with Gasteiger partial charge in [-0.25, -0.2) is 0 Å². The lowest BCUT2D eigenvalue weighted by molar-refractivity contribution is 0.149. The molecule has 16 heavy (non-hydrogen) atoms. The molecule has 3 nitrogen and oxygen atoms in total. The summed E-state index contributed by atoms with van der Waals surface area (Å²) in [6, 6.07) is 0.755. The van der Waals surface area contributed by atoms with E-state index >= 15 is 0 Å². The second-order valence-electron chi connectivity index (χ2n) is 5.01. The van der Waals surface area contributed by atoms with Crippen LogP contribution in [-0.2, 0) is 4.74 Å². The molecule has 0 bridgehead atoms. The van der Waals surface area contributed by atoms with Crippen LogP contribution in [0.5, 0.6) is 0 Å². The molecule has 2 unspecified atom stereocenters. The molecule has 0 aliphatic heterocycles. The van der Waals surface area contributed by atoms with E-state index in [1.165, 1.54) is 38.8 Å². The van der Waals surface area contributed by atoms with Crippen LogP contribution in [0.1, 0.15) is 32.6 Å². The van der Waals surface area contributed by atoms with Crippen LogP contribution in [0.4, 0.5) is 0 Å². The molecular weight excluding hydrogens is 200 g/mol. The lowest BCUT2D eigenvalue weighted by atomic mass is 10.0. The van der Waals surface area contributed by atoms with Crippen LogP contribution in [0, 0.1) is 5.92 Å². The van der Waals surface area contributed by atoms with Gasteiger partial charge in [0, 0.05) is 26.2 Å². The Bertz CT molecular complexity index is 175. The van der Waals surface area contributed by atoms with Gasteiger partial charge < -0.3 is 15.0 Å². The first kappa shape index (κ1) is 13.9. The van der Waals surface area contributed by atoms with E-state index in [1.54, 1.807) is 7.11 Å². The predicted molar refractivity (Wildman–Crippen MR) is 68.8 cm³/mol. The minimum absolute atomic E-state index is 0.755. The summed E-state index contributed by atoms with van der Waals surface area (Å²) in [7, 11) is 3.98. The SMILES string of the molecule is CCCNC1CCCC1CN(C)CCOC. The van der Waals surface area contributed by atoms with Gasteiger partial charge in [-0.15, -0.1) is 0 Å². The van der Waals surface area contributed by atoms with Gasteiger partial charge in [0.15, 0.2) is 0 Å². The van der Waals surface area contributed by atoms with Crippen molar-refractivity contribution in [2.45, 2.75) is 38.6 Å². The summed E-state index contributed by atoms with van der Waals surface area (Å²) in [5, 5.41) is 3.68. The first-order valence-corrected chi connectivity index (χ1v) is 6.68. The maximum absolute atomic E-state index is 5.11. The molecule has 96 valence electrons. The lowest BCUT2D eigenvalue weighted by Crippen LogP contribution is -2.39. The third kappa shape index (κ3) is 4.81. The van der Waals surface area contributed by atoms with Gasteiger partial charge in [-0.2, -0.15) is 0 Å². The van der Waals surface area contributed by atoms with Crippen LogP contribution in [0.15, 0.2) is 0 Å². The van der Waals surface area contributed by atoms with Gasteiger partial charge in [0.05, 0.1) is 6.61 Å². The Labute approximate surface area is 101 Å². The van der Waals surface area contributed by atoms with E-state index in [0.717, 1.165) is 25.1 Å². The first-order chi connectivity index (χ1) is 7.77. The Morgan fingerprint density at radius 1 is 1.38 bits per heavy atom. The summed E-state index contributed by atoms with van der Waals surface area (Å²) in [6.45, 7) is 6.51. The number of hydrogen-bond donors (Lipinski definition) is 1. The van der Waals surface area contributed by atoms with Crippen molar-refractivity contribution in [1.82, 2.24) is 10.2 Å². The first-order valence-electron chi connectivity index (χ1n) is 6.68. The highest BCUT2D eigenvalue weighted by Crippen LogP contribution is 2.26. The van der Waals surface area contributed by atoms with Crippen molar-refractivity contribution in [3.63, 3.8) is 0 Å². The highest BCUT2D eigenvalue weighted by Gasteiger charge is 2.27. The Kier molecular flexibility index (Phi) is 7.01. The Morgan fingerprint density at radius 3 is 2.88 bits per heavy atom. The zero-order valence-electron chi connectivity index (χ0n) is 11.2. The normalized spacial score (nSPS) is 25.5. The van der Waals surface area contributed by atoms with Gasteiger partial charge in [-0.1, -0.05) is 13.3 Å². The monoisotopic (exact) mass is 228 g/mol. The predicted octanol–water partition coefficient (Wildman–Crippen LogP) is 1.73. The molecule has 0 aromatic carbocycles. The molecule has 2 atom stereocenters. The molecule has 1 N–H and O–H groups in total. The van der Waals surface area contributed by atoms with E-state index in [4.69, 9.17) is 4.74 Å². The van der Waals surface area contributed by atoms with Crippen LogP contribution in [0.3, 0.4) is 0 Å². The van der Waals surface area contributed by atoms with E-state index in [1.807, 2.05) is 0 Å². The van der Waals surface area contributed by atoms with E-state index in [9.17, 15) is 0 Å². The molecule has 0 saturated heterocycles. The summed E-state index contributed by atoms with van der Waals surface area (Å²) in [5.41, 5.74) is 0. The van der Waals surface area contributed by atoms with Gasteiger partial charge in [-0.05, 0) is 38.8 Å². The molecule has 0 heterocycles. The molecule has 0 aromatic heterocycles. The van der Waals surface area contributed by atoms with Crippen LogP contribution in [0.25, 0.3) is 0 Å². The fraction of sp³-hybridized carbons (Fsp3) is 1.00. The summed E-state index contributed by atoms with van der Waals surface area (Å²) >= 11 is 0. The molecule has 1 aliphatic carbocycles. The minimum atomic E-state index is 0.755. The average molecular weight is 228 g/mol.